The van der Waals surface area contributed by atoms with Crippen LogP contribution in [-0.4, -0.2) is 26.1 Å². The van der Waals surface area contributed by atoms with Gasteiger partial charge in [-0.3, -0.25) is 4.79 Å². The van der Waals surface area contributed by atoms with Crippen molar-refractivity contribution in [3.63, 3.8) is 0 Å². The van der Waals surface area contributed by atoms with Gasteiger partial charge in [-0.2, -0.15) is 4.68 Å². The molecule has 24 heavy (non-hydrogen) atoms. The van der Waals surface area contributed by atoms with Gasteiger partial charge in [-0.25, -0.2) is 0 Å². The first-order valence-electron chi connectivity index (χ1n) is 7.99. The van der Waals surface area contributed by atoms with Crippen molar-refractivity contribution in [1.82, 2.24) is 20.2 Å². The lowest BCUT2D eigenvalue weighted by atomic mass is 10.1. The van der Waals surface area contributed by atoms with Crippen LogP contribution in [0.25, 0.3) is 5.69 Å². The van der Waals surface area contributed by atoms with Crippen LogP contribution in [0.3, 0.4) is 0 Å². The maximum absolute atomic E-state index is 12.5. The van der Waals surface area contributed by atoms with Crippen molar-refractivity contribution in [2.24, 2.45) is 0 Å². The van der Waals surface area contributed by atoms with Gasteiger partial charge < -0.3 is 5.32 Å². The molecule has 1 N–H and O–H groups in total. The lowest BCUT2D eigenvalue weighted by molar-refractivity contribution is 0.102. The van der Waals surface area contributed by atoms with Crippen molar-refractivity contribution in [1.29, 1.82) is 0 Å². The van der Waals surface area contributed by atoms with Gasteiger partial charge in [0.05, 0.1) is 5.69 Å². The molecule has 0 aliphatic heterocycles. The molecule has 0 fully saturated rings. The van der Waals surface area contributed by atoms with Crippen LogP contribution >= 0.6 is 0 Å². The van der Waals surface area contributed by atoms with Gasteiger partial charge in [-0.1, -0.05) is 12.1 Å². The third kappa shape index (κ3) is 2.67. The normalized spacial score (nSPS) is 12.9. The minimum atomic E-state index is -0.102. The van der Waals surface area contributed by atoms with E-state index in [1.54, 1.807) is 4.68 Å². The van der Waals surface area contributed by atoms with Gasteiger partial charge in [-0.05, 0) is 78.1 Å². The third-order valence-electron chi connectivity index (χ3n) is 4.33. The predicted octanol–water partition coefficient (Wildman–Crippen LogP) is 2.71. The number of fused-ring (bicyclic) bond motifs is 1. The van der Waals surface area contributed by atoms with Gasteiger partial charge in [0.1, 0.15) is 0 Å². The Bertz CT molecular complexity index is 915. The SMILES string of the molecule is Cc1nnnn1-c1cccc(NC(=O)c2ccc3c(c2)CCC3)c1. The minimum Gasteiger partial charge on any atom is -0.322 e. The Morgan fingerprint density at radius 1 is 1.12 bits per heavy atom. The molecule has 1 aromatic heterocycles. The van der Waals surface area contributed by atoms with Crippen molar-refractivity contribution in [3.05, 3.63) is 65.0 Å². The van der Waals surface area contributed by atoms with Crippen LogP contribution in [0.5, 0.6) is 0 Å². The molecule has 4 rings (SSSR count). The van der Waals surface area contributed by atoms with Crippen molar-refractivity contribution in [3.8, 4) is 5.69 Å². The summed E-state index contributed by atoms with van der Waals surface area (Å²) in [6.07, 6.45) is 3.35. The number of hydrogen-bond acceptors (Lipinski definition) is 4. The van der Waals surface area contributed by atoms with Crippen LogP contribution in [0.15, 0.2) is 42.5 Å². The second-order valence-electron chi connectivity index (χ2n) is 5.98. The van der Waals surface area contributed by atoms with Crippen molar-refractivity contribution in [2.45, 2.75) is 26.2 Å². The maximum atomic E-state index is 12.5. The number of benzene rings is 2. The standard InChI is InChI=1S/C18H17N5O/c1-12-20-21-22-23(12)17-7-3-6-16(11-17)19-18(24)15-9-8-13-4-2-5-14(13)10-15/h3,6-11H,2,4-5H2,1H3,(H,19,24). The molecular weight excluding hydrogens is 302 g/mol. The number of amides is 1. The third-order valence-corrected chi connectivity index (χ3v) is 4.33. The molecule has 1 amide bonds. The van der Waals surface area contributed by atoms with E-state index >= 15 is 0 Å². The molecule has 0 saturated carbocycles. The fourth-order valence-corrected chi connectivity index (χ4v) is 3.10. The summed E-state index contributed by atoms with van der Waals surface area (Å²) in [6.45, 7) is 1.83. The van der Waals surface area contributed by atoms with Gasteiger partial charge in [0.15, 0.2) is 5.82 Å². The number of carbonyl (C=O) groups excluding carboxylic acids is 1. The summed E-state index contributed by atoms with van der Waals surface area (Å²) < 4.78 is 1.63. The Kier molecular flexibility index (Phi) is 3.57. The Labute approximate surface area is 139 Å². The topological polar surface area (TPSA) is 72.7 Å². The van der Waals surface area contributed by atoms with Crippen molar-refractivity contribution in [2.75, 3.05) is 5.32 Å². The molecule has 6 nitrogen and oxygen atoms in total. The summed E-state index contributed by atoms with van der Waals surface area (Å²) >= 11 is 0. The number of hydrogen-bond donors (Lipinski definition) is 1. The summed E-state index contributed by atoms with van der Waals surface area (Å²) in [5.74, 6) is 0.590. The van der Waals surface area contributed by atoms with E-state index < -0.39 is 0 Å². The second kappa shape index (κ2) is 5.88. The molecule has 2 aromatic carbocycles. The van der Waals surface area contributed by atoms with E-state index in [0.717, 1.165) is 18.5 Å². The molecule has 0 saturated heterocycles. The number of aryl methyl sites for hydroxylation is 3. The number of nitrogens with zero attached hydrogens (tertiary/aromatic N) is 4. The first-order chi connectivity index (χ1) is 11.7. The number of carbonyl (C=O) groups is 1. The zero-order chi connectivity index (χ0) is 16.5. The molecule has 1 heterocycles. The quantitative estimate of drug-likeness (QED) is 0.805. The van der Waals surface area contributed by atoms with Gasteiger partial charge in [0.25, 0.3) is 5.91 Å². The van der Waals surface area contributed by atoms with Crippen molar-refractivity contribution < 1.29 is 4.79 Å². The number of anilines is 1. The monoisotopic (exact) mass is 319 g/mol. The zero-order valence-corrected chi connectivity index (χ0v) is 13.4. The van der Waals surface area contributed by atoms with Crippen LogP contribution in [-0.2, 0) is 12.8 Å². The molecule has 1 aliphatic carbocycles. The molecule has 0 radical (unpaired) electrons. The largest absolute Gasteiger partial charge is 0.322 e. The number of aromatic nitrogens is 4. The molecule has 3 aromatic rings. The Balaban J connectivity index is 1.57. The first-order valence-corrected chi connectivity index (χ1v) is 7.99. The highest BCUT2D eigenvalue weighted by atomic mass is 16.1. The highest BCUT2D eigenvalue weighted by Gasteiger charge is 2.14. The summed E-state index contributed by atoms with van der Waals surface area (Å²) in [7, 11) is 0. The summed E-state index contributed by atoms with van der Waals surface area (Å²) in [5.41, 5.74) is 4.88. The van der Waals surface area contributed by atoms with E-state index in [2.05, 4.69) is 26.9 Å². The minimum absolute atomic E-state index is 0.102. The predicted molar refractivity (Wildman–Crippen MR) is 90.3 cm³/mol. The number of nitrogens with one attached hydrogen (secondary N) is 1. The van der Waals surface area contributed by atoms with Crippen LogP contribution < -0.4 is 5.32 Å². The second-order valence-corrected chi connectivity index (χ2v) is 5.98. The Morgan fingerprint density at radius 3 is 2.83 bits per heavy atom. The number of rotatable bonds is 3. The van der Waals surface area contributed by atoms with E-state index in [1.807, 2.05) is 43.3 Å². The van der Waals surface area contributed by atoms with Crippen LogP contribution in [0.1, 0.15) is 33.7 Å². The van der Waals surface area contributed by atoms with Gasteiger partial charge in [0.2, 0.25) is 0 Å². The van der Waals surface area contributed by atoms with Gasteiger partial charge in [0, 0.05) is 11.3 Å². The Morgan fingerprint density at radius 2 is 2.00 bits per heavy atom. The fraction of sp³-hybridized carbons (Fsp3) is 0.222. The lowest BCUT2D eigenvalue weighted by Gasteiger charge is -2.09. The average Bonchev–Trinajstić information content (AvgIpc) is 3.22. The molecule has 1 aliphatic rings. The molecule has 6 heteroatoms. The Hall–Kier alpha value is -3.02. The summed E-state index contributed by atoms with van der Waals surface area (Å²) in [6, 6.07) is 13.5. The van der Waals surface area contributed by atoms with Gasteiger partial charge >= 0.3 is 0 Å². The molecule has 0 atom stereocenters. The molecule has 0 unspecified atom stereocenters. The van der Waals surface area contributed by atoms with E-state index in [9.17, 15) is 4.79 Å². The van der Waals surface area contributed by atoms with E-state index in [0.29, 0.717) is 17.1 Å². The summed E-state index contributed by atoms with van der Waals surface area (Å²) in [4.78, 5) is 12.5. The van der Waals surface area contributed by atoms with Gasteiger partial charge in [-0.15, -0.1) is 5.10 Å². The summed E-state index contributed by atoms with van der Waals surface area (Å²) in [5, 5.41) is 14.4. The van der Waals surface area contributed by atoms with Crippen LogP contribution in [0, 0.1) is 6.92 Å². The molecule has 120 valence electrons. The fourth-order valence-electron chi connectivity index (χ4n) is 3.10. The lowest BCUT2D eigenvalue weighted by Crippen LogP contribution is -2.12. The van der Waals surface area contributed by atoms with Crippen molar-refractivity contribution >= 4 is 11.6 Å². The highest BCUT2D eigenvalue weighted by molar-refractivity contribution is 6.04. The van der Waals surface area contributed by atoms with E-state index in [4.69, 9.17) is 0 Å². The smallest absolute Gasteiger partial charge is 0.255 e. The van der Waals surface area contributed by atoms with Crippen LogP contribution in [0.4, 0.5) is 5.69 Å². The molecule has 0 bridgehead atoms. The van der Waals surface area contributed by atoms with Crippen LogP contribution in [0.2, 0.25) is 0 Å². The maximum Gasteiger partial charge on any atom is 0.255 e. The molecular formula is C18H17N5O. The number of tetrazole rings is 1. The average molecular weight is 319 g/mol. The first kappa shape index (κ1) is 14.6. The van der Waals surface area contributed by atoms with E-state index in [1.165, 1.54) is 17.5 Å². The van der Waals surface area contributed by atoms with E-state index in [-0.39, 0.29) is 5.91 Å². The zero-order valence-electron chi connectivity index (χ0n) is 13.4. The highest BCUT2D eigenvalue weighted by Crippen LogP contribution is 2.23. The molecule has 0 spiro atoms.